The molecule has 0 aliphatic rings. The standard InChI is InChI=1S/C24H26N6O/c1-29(24(31)20-12-13-23(25-18-20)30-16-8-14-26-30)15-7-3-6-11-21-17-22(28-27-21)19-9-4-2-5-10-19/h2,4-5,8-10,12-14,16-18H,3,6-7,11,15H2,1H3,(H,27,28). The average Bonchev–Trinajstić information content (AvgIpc) is 3.52. The molecule has 0 bridgehead atoms. The molecular weight excluding hydrogens is 388 g/mol. The van der Waals surface area contributed by atoms with Crippen molar-refractivity contribution >= 4 is 5.91 Å². The summed E-state index contributed by atoms with van der Waals surface area (Å²) in [7, 11) is 1.84. The Balaban J connectivity index is 1.19. The summed E-state index contributed by atoms with van der Waals surface area (Å²) >= 11 is 0. The van der Waals surface area contributed by atoms with Gasteiger partial charge in [0.05, 0.1) is 11.3 Å². The monoisotopic (exact) mass is 414 g/mol. The molecule has 1 amide bonds. The summed E-state index contributed by atoms with van der Waals surface area (Å²) in [5, 5.41) is 11.7. The van der Waals surface area contributed by atoms with Crippen LogP contribution in [0.4, 0.5) is 0 Å². The van der Waals surface area contributed by atoms with E-state index in [1.54, 1.807) is 28.0 Å². The highest BCUT2D eigenvalue weighted by atomic mass is 16.2. The predicted molar refractivity (Wildman–Crippen MR) is 120 cm³/mol. The van der Waals surface area contributed by atoms with Crippen molar-refractivity contribution in [3.8, 4) is 17.1 Å². The molecule has 4 aromatic rings. The zero-order chi connectivity index (χ0) is 21.5. The summed E-state index contributed by atoms with van der Waals surface area (Å²) in [6.45, 7) is 0.720. The van der Waals surface area contributed by atoms with E-state index in [0.29, 0.717) is 11.4 Å². The Morgan fingerprint density at radius 2 is 1.94 bits per heavy atom. The normalized spacial score (nSPS) is 10.9. The lowest BCUT2D eigenvalue weighted by atomic mass is 10.1. The summed E-state index contributed by atoms with van der Waals surface area (Å²) in [5.41, 5.74) is 3.83. The smallest absolute Gasteiger partial charge is 0.255 e. The van der Waals surface area contributed by atoms with Crippen molar-refractivity contribution in [1.82, 2.24) is 29.9 Å². The summed E-state index contributed by atoms with van der Waals surface area (Å²) in [6, 6.07) is 17.7. The van der Waals surface area contributed by atoms with Crippen molar-refractivity contribution < 1.29 is 4.79 Å². The number of pyridine rings is 1. The molecule has 7 heteroatoms. The minimum Gasteiger partial charge on any atom is -0.342 e. The number of H-pyrrole nitrogens is 1. The number of aryl methyl sites for hydroxylation is 1. The minimum atomic E-state index is -0.0133. The largest absolute Gasteiger partial charge is 0.342 e. The van der Waals surface area contributed by atoms with Gasteiger partial charge in [-0.3, -0.25) is 9.89 Å². The molecule has 0 saturated carbocycles. The molecule has 31 heavy (non-hydrogen) atoms. The maximum absolute atomic E-state index is 12.6. The highest BCUT2D eigenvalue weighted by Crippen LogP contribution is 2.18. The Labute approximate surface area is 181 Å². The van der Waals surface area contributed by atoms with Crippen molar-refractivity contribution in [2.75, 3.05) is 13.6 Å². The third-order valence-corrected chi connectivity index (χ3v) is 5.22. The number of carbonyl (C=O) groups excluding carboxylic acids is 1. The lowest BCUT2D eigenvalue weighted by molar-refractivity contribution is 0.0792. The minimum absolute atomic E-state index is 0.0133. The molecule has 0 atom stereocenters. The maximum Gasteiger partial charge on any atom is 0.255 e. The number of nitrogens with one attached hydrogen (secondary N) is 1. The Morgan fingerprint density at radius 3 is 2.68 bits per heavy atom. The van der Waals surface area contributed by atoms with E-state index in [0.717, 1.165) is 49.2 Å². The third-order valence-electron chi connectivity index (χ3n) is 5.22. The van der Waals surface area contributed by atoms with Crippen LogP contribution in [0.1, 0.15) is 35.3 Å². The van der Waals surface area contributed by atoms with Gasteiger partial charge >= 0.3 is 0 Å². The van der Waals surface area contributed by atoms with E-state index in [1.165, 1.54) is 0 Å². The van der Waals surface area contributed by atoms with Gasteiger partial charge in [-0.1, -0.05) is 36.8 Å². The van der Waals surface area contributed by atoms with Crippen LogP contribution in [0.2, 0.25) is 0 Å². The summed E-state index contributed by atoms with van der Waals surface area (Å²) in [5.74, 6) is 0.680. The van der Waals surface area contributed by atoms with Gasteiger partial charge < -0.3 is 4.90 Å². The van der Waals surface area contributed by atoms with Crippen LogP contribution in [0.5, 0.6) is 0 Å². The van der Waals surface area contributed by atoms with Crippen molar-refractivity contribution in [3.63, 3.8) is 0 Å². The number of aromatic amines is 1. The molecule has 4 rings (SSSR count). The van der Waals surface area contributed by atoms with Crippen molar-refractivity contribution in [2.45, 2.75) is 25.7 Å². The van der Waals surface area contributed by atoms with Gasteiger partial charge in [-0.25, -0.2) is 9.67 Å². The number of rotatable bonds is 9. The summed E-state index contributed by atoms with van der Waals surface area (Å²) < 4.78 is 1.67. The lowest BCUT2D eigenvalue weighted by Crippen LogP contribution is -2.27. The Bertz CT molecular complexity index is 1090. The van der Waals surface area contributed by atoms with E-state index in [2.05, 4.69) is 38.5 Å². The number of nitrogens with zero attached hydrogens (tertiary/aromatic N) is 5. The molecular formula is C24H26N6O. The second-order valence-corrected chi connectivity index (χ2v) is 7.54. The lowest BCUT2D eigenvalue weighted by Gasteiger charge is -2.17. The van der Waals surface area contributed by atoms with Gasteiger partial charge in [0.1, 0.15) is 0 Å². The van der Waals surface area contributed by atoms with Gasteiger partial charge in [0.2, 0.25) is 0 Å². The zero-order valence-corrected chi connectivity index (χ0v) is 17.6. The van der Waals surface area contributed by atoms with E-state index < -0.39 is 0 Å². The number of unbranched alkanes of at least 4 members (excludes halogenated alkanes) is 2. The van der Waals surface area contributed by atoms with Gasteiger partial charge in [-0.15, -0.1) is 0 Å². The molecule has 7 nitrogen and oxygen atoms in total. The molecule has 0 saturated heterocycles. The van der Waals surface area contributed by atoms with Crippen LogP contribution in [0.15, 0.2) is 73.2 Å². The third kappa shape index (κ3) is 5.25. The fourth-order valence-electron chi connectivity index (χ4n) is 3.46. The number of aromatic nitrogens is 5. The Morgan fingerprint density at radius 1 is 1.06 bits per heavy atom. The molecule has 0 fully saturated rings. The average molecular weight is 415 g/mol. The van der Waals surface area contributed by atoms with E-state index in [1.807, 2.05) is 43.6 Å². The molecule has 0 aliphatic carbocycles. The molecule has 1 aromatic carbocycles. The topological polar surface area (TPSA) is 79.7 Å². The fourth-order valence-corrected chi connectivity index (χ4v) is 3.46. The van der Waals surface area contributed by atoms with Gasteiger partial charge in [0.25, 0.3) is 5.91 Å². The first-order valence-electron chi connectivity index (χ1n) is 10.5. The van der Waals surface area contributed by atoms with Gasteiger partial charge in [0, 0.05) is 43.4 Å². The SMILES string of the molecule is CN(CCCCCc1cc(-c2ccccc2)n[nH]1)C(=O)c1ccc(-n2cccn2)nc1. The second-order valence-electron chi connectivity index (χ2n) is 7.54. The van der Waals surface area contributed by atoms with E-state index in [4.69, 9.17) is 0 Å². The highest BCUT2D eigenvalue weighted by Gasteiger charge is 2.12. The number of amides is 1. The Hall–Kier alpha value is -3.74. The first-order valence-corrected chi connectivity index (χ1v) is 10.5. The van der Waals surface area contributed by atoms with E-state index in [-0.39, 0.29) is 5.91 Å². The van der Waals surface area contributed by atoms with Crippen LogP contribution in [0, 0.1) is 0 Å². The number of hydrogen-bond acceptors (Lipinski definition) is 4. The van der Waals surface area contributed by atoms with Crippen LogP contribution in [-0.4, -0.2) is 49.4 Å². The van der Waals surface area contributed by atoms with E-state index in [9.17, 15) is 4.79 Å². The first kappa shape index (κ1) is 20.5. The highest BCUT2D eigenvalue weighted by molar-refractivity contribution is 5.93. The summed E-state index contributed by atoms with van der Waals surface area (Å²) in [6.07, 6.45) is 9.15. The van der Waals surface area contributed by atoms with Crippen LogP contribution in [-0.2, 0) is 6.42 Å². The zero-order valence-electron chi connectivity index (χ0n) is 17.6. The van der Waals surface area contributed by atoms with Gasteiger partial charge in [-0.2, -0.15) is 10.2 Å². The quantitative estimate of drug-likeness (QED) is 0.418. The molecule has 3 aromatic heterocycles. The molecule has 0 radical (unpaired) electrons. The van der Waals surface area contributed by atoms with Gasteiger partial charge in [-0.05, 0) is 43.5 Å². The summed E-state index contributed by atoms with van der Waals surface area (Å²) in [4.78, 5) is 18.7. The molecule has 3 heterocycles. The predicted octanol–water partition coefficient (Wildman–Crippen LogP) is 4.14. The van der Waals surface area contributed by atoms with E-state index >= 15 is 0 Å². The van der Waals surface area contributed by atoms with Crippen molar-refractivity contribution in [1.29, 1.82) is 0 Å². The molecule has 0 aliphatic heterocycles. The first-order chi connectivity index (χ1) is 15.2. The van der Waals surface area contributed by atoms with Crippen molar-refractivity contribution in [2.24, 2.45) is 0 Å². The van der Waals surface area contributed by atoms with Crippen LogP contribution < -0.4 is 0 Å². The second kappa shape index (κ2) is 9.84. The maximum atomic E-state index is 12.6. The van der Waals surface area contributed by atoms with Gasteiger partial charge in [0.15, 0.2) is 5.82 Å². The molecule has 0 spiro atoms. The molecule has 1 N–H and O–H groups in total. The Kier molecular flexibility index (Phi) is 6.52. The van der Waals surface area contributed by atoms with Crippen LogP contribution in [0.3, 0.4) is 0 Å². The molecule has 0 unspecified atom stereocenters. The fraction of sp³-hybridized carbons (Fsp3) is 0.250. The number of hydrogen-bond donors (Lipinski definition) is 1. The van der Waals surface area contributed by atoms with Crippen LogP contribution >= 0.6 is 0 Å². The van der Waals surface area contributed by atoms with Crippen molar-refractivity contribution in [3.05, 3.63) is 84.4 Å². The number of carbonyl (C=O) groups is 1. The molecule has 158 valence electrons. The number of benzene rings is 1. The van der Waals surface area contributed by atoms with Crippen LogP contribution in [0.25, 0.3) is 17.1 Å².